The van der Waals surface area contributed by atoms with Crippen LogP contribution >= 0.6 is 11.3 Å². The van der Waals surface area contributed by atoms with Crippen LogP contribution in [0.3, 0.4) is 0 Å². The van der Waals surface area contributed by atoms with Crippen molar-refractivity contribution in [3.8, 4) is 10.9 Å². The molecule has 1 fully saturated rings. The van der Waals surface area contributed by atoms with Crippen LogP contribution in [0.15, 0.2) is 12.4 Å². The topological polar surface area (TPSA) is 77.4 Å². The van der Waals surface area contributed by atoms with E-state index in [1.54, 1.807) is 19.3 Å². The molecule has 0 unspecified atom stereocenters. The van der Waals surface area contributed by atoms with Gasteiger partial charge in [-0.25, -0.2) is 23.7 Å². The average Bonchev–Trinajstić information content (AvgIpc) is 3.24. The number of thiazole rings is 1. The first-order valence-electron chi connectivity index (χ1n) is 12.4. The van der Waals surface area contributed by atoms with Crippen LogP contribution in [0.4, 0.5) is 8.78 Å². The van der Waals surface area contributed by atoms with E-state index in [2.05, 4.69) is 19.9 Å². The molecule has 4 rings (SSSR count). The summed E-state index contributed by atoms with van der Waals surface area (Å²) in [5.41, 5.74) is 0.970. The van der Waals surface area contributed by atoms with Crippen LogP contribution in [-0.4, -0.2) is 57.9 Å². The zero-order chi connectivity index (χ0) is 24.8. The molecule has 192 valence electrons. The average molecular weight is 509 g/mol. The van der Waals surface area contributed by atoms with Gasteiger partial charge in [0.1, 0.15) is 12.4 Å². The van der Waals surface area contributed by atoms with Crippen LogP contribution in [0.2, 0.25) is 0 Å². The number of hydrogen-bond acceptors (Lipinski definition) is 8. The van der Waals surface area contributed by atoms with E-state index in [1.165, 1.54) is 11.3 Å². The third-order valence-electron chi connectivity index (χ3n) is 6.73. The molecular formula is C25H34F2N4O3S. The molecule has 2 aromatic heterocycles. The van der Waals surface area contributed by atoms with Gasteiger partial charge in [-0.05, 0) is 51.0 Å². The number of fused-ring (bicyclic) bond motifs is 1. The number of Topliss-reactive ketones (excluding diaryl/α,β-unsaturated/α-hetero) is 1. The molecule has 0 aromatic carbocycles. The molecule has 0 bridgehead atoms. The SMILES string of the molecule is Cc1ncc(OCC(=O)CC2CCC(CCN3CCc4sc(OCC(C)(F)F)nc4C3)CC2)cn1. The highest BCUT2D eigenvalue weighted by Gasteiger charge is 2.27. The summed E-state index contributed by atoms with van der Waals surface area (Å²) in [7, 11) is 0. The van der Waals surface area contributed by atoms with Crippen molar-refractivity contribution < 1.29 is 23.0 Å². The lowest BCUT2D eigenvalue weighted by molar-refractivity contribution is -0.122. The van der Waals surface area contributed by atoms with E-state index in [9.17, 15) is 13.6 Å². The van der Waals surface area contributed by atoms with Gasteiger partial charge in [-0.2, -0.15) is 0 Å². The summed E-state index contributed by atoms with van der Waals surface area (Å²) in [6.07, 6.45) is 10.3. The number of aromatic nitrogens is 3. The minimum Gasteiger partial charge on any atom is -0.483 e. The summed E-state index contributed by atoms with van der Waals surface area (Å²) >= 11 is 1.40. The standard InChI is InChI=1S/C25H34F2N4O3S/c1-17-28-12-21(13-29-17)33-15-20(32)11-19-5-3-18(4-6-19)7-9-31-10-8-23-22(14-31)30-24(35-23)34-16-25(2,26)27/h12-13,18-19H,3-11,14-16H2,1-2H3. The van der Waals surface area contributed by atoms with Gasteiger partial charge in [-0.3, -0.25) is 9.69 Å². The predicted molar refractivity (Wildman–Crippen MR) is 129 cm³/mol. The quantitative estimate of drug-likeness (QED) is 0.429. The summed E-state index contributed by atoms with van der Waals surface area (Å²) in [4.78, 5) is 28.5. The lowest BCUT2D eigenvalue weighted by Gasteiger charge is -2.31. The van der Waals surface area contributed by atoms with Gasteiger partial charge < -0.3 is 9.47 Å². The van der Waals surface area contributed by atoms with Gasteiger partial charge in [0.05, 0.1) is 18.1 Å². The first-order valence-corrected chi connectivity index (χ1v) is 13.2. The molecule has 0 saturated heterocycles. The van der Waals surface area contributed by atoms with Gasteiger partial charge in [-0.1, -0.05) is 24.2 Å². The van der Waals surface area contributed by atoms with E-state index in [-0.39, 0.29) is 12.4 Å². The number of carbonyl (C=O) groups is 1. The first kappa shape index (κ1) is 25.9. The lowest BCUT2D eigenvalue weighted by atomic mass is 9.78. The Kier molecular flexibility index (Phi) is 8.64. The second-order valence-electron chi connectivity index (χ2n) is 9.91. The van der Waals surface area contributed by atoms with Crippen LogP contribution in [-0.2, 0) is 17.8 Å². The van der Waals surface area contributed by atoms with Crippen molar-refractivity contribution in [1.82, 2.24) is 19.9 Å². The molecule has 1 aliphatic heterocycles. The number of rotatable bonds is 11. The van der Waals surface area contributed by atoms with Crippen molar-refractivity contribution in [2.24, 2.45) is 11.8 Å². The molecule has 2 aromatic rings. The molecule has 35 heavy (non-hydrogen) atoms. The zero-order valence-corrected chi connectivity index (χ0v) is 21.3. The highest BCUT2D eigenvalue weighted by molar-refractivity contribution is 7.13. The van der Waals surface area contributed by atoms with Crippen molar-refractivity contribution in [3.63, 3.8) is 0 Å². The van der Waals surface area contributed by atoms with Gasteiger partial charge >= 0.3 is 0 Å². The number of ether oxygens (including phenoxy) is 2. The van der Waals surface area contributed by atoms with E-state index in [1.807, 2.05) is 0 Å². The number of hydrogen-bond donors (Lipinski definition) is 0. The number of halogens is 2. The maximum atomic E-state index is 13.0. The molecule has 1 aliphatic carbocycles. The summed E-state index contributed by atoms with van der Waals surface area (Å²) in [6, 6.07) is 0. The third kappa shape index (κ3) is 8.17. The molecular weight excluding hydrogens is 474 g/mol. The van der Waals surface area contributed by atoms with E-state index < -0.39 is 12.5 Å². The van der Waals surface area contributed by atoms with Crippen molar-refractivity contribution in [1.29, 1.82) is 0 Å². The predicted octanol–water partition coefficient (Wildman–Crippen LogP) is 4.87. The van der Waals surface area contributed by atoms with E-state index in [4.69, 9.17) is 9.47 Å². The first-order chi connectivity index (χ1) is 16.7. The lowest BCUT2D eigenvalue weighted by Crippen LogP contribution is -2.32. The van der Waals surface area contributed by atoms with Gasteiger partial charge in [-0.15, -0.1) is 0 Å². The van der Waals surface area contributed by atoms with Gasteiger partial charge in [0, 0.05) is 31.3 Å². The Balaban J connectivity index is 1.12. The molecule has 10 heteroatoms. The number of nitrogens with zero attached hydrogens (tertiary/aromatic N) is 4. The summed E-state index contributed by atoms with van der Waals surface area (Å²) in [6.45, 7) is 4.84. The van der Waals surface area contributed by atoms with Crippen molar-refractivity contribution in [3.05, 3.63) is 28.8 Å². The Morgan fingerprint density at radius 2 is 1.89 bits per heavy atom. The minimum atomic E-state index is -2.85. The summed E-state index contributed by atoms with van der Waals surface area (Å²) in [5.74, 6) is -0.388. The molecule has 2 aliphatic rings. The van der Waals surface area contributed by atoms with Crippen molar-refractivity contribution in [2.75, 3.05) is 26.3 Å². The Labute approximate surface area is 209 Å². The summed E-state index contributed by atoms with van der Waals surface area (Å²) in [5, 5.41) is 0.351. The van der Waals surface area contributed by atoms with Crippen LogP contribution in [0.1, 0.15) is 61.8 Å². The fourth-order valence-corrected chi connectivity index (χ4v) is 5.67. The molecule has 0 spiro atoms. The molecule has 0 amide bonds. The van der Waals surface area contributed by atoms with Crippen LogP contribution in [0.5, 0.6) is 10.9 Å². The fourth-order valence-electron chi connectivity index (χ4n) is 4.76. The zero-order valence-electron chi connectivity index (χ0n) is 20.5. The second kappa shape index (κ2) is 11.7. The Morgan fingerprint density at radius 3 is 2.60 bits per heavy atom. The van der Waals surface area contributed by atoms with E-state index in [0.29, 0.717) is 35.0 Å². The number of carbonyl (C=O) groups excluding carboxylic acids is 1. The molecule has 0 N–H and O–H groups in total. The maximum absolute atomic E-state index is 13.0. The molecule has 1 saturated carbocycles. The molecule has 0 atom stereocenters. The van der Waals surface area contributed by atoms with Crippen molar-refractivity contribution in [2.45, 2.75) is 71.3 Å². The van der Waals surface area contributed by atoms with Gasteiger partial charge in [0.25, 0.3) is 11.1 Å². The third-order valence-corrected chi connectivity index (χ3v) is 7.80. The Bertz CT molecular complexity index is 972. The van der Waals surface area contributed by atoms with Crippen LogP contribution in [0, 0.1) is 18.8 Å². The molecule has 0 radical (unpaired) electrons. The largest absolute Gasteiger partial charge is 0.483 e. The van der Waals surface area contributed by atoms with Gasteiger partial charge in [0.15, 0.2) is 18.1 Å². The minimum absolute atomic E-state index is 0.0769. The summed E-state index contributed by atoms with van der Waals surface area (Å²) < 4.78 is 36.8. The highest BCUT2D eigenvalue weighted by Crippen LogP contribution is 2.34. The number of alkyl halides is 2. The normalized spacial score (nSPS) is 20.9. The molecule has 3 heterocycles. The van der Waals surface area contributed by atoms with Crippen LogP contribution in [0.25, 0.3) is 0 Å². The molecule has 7 nitrogen and oxygen atoms in total. The smallest absolute Gasteiger partial charge is 0.278 e. The van der Waals surface area contributed by atoms with E-state index >= 15 is 0 Å². The Hall–Kier alpha value is -2.20. The van der Waals surface area contributed by atoms with Crippen LogP contribution < -0.4 is 9.47 Å². The highest BCUT2D eigenvalue weighted by atomic mass is 32.1. The maximum Gasteiger partial charge on any atom is 0.278 e. The number of aryl methyl sites for hydroxylation is 1. The number of ketones is 1. The van der Waals surface area contributed by atoms with Crippen molar-refractivity contribution >= 4 is 17.1 Å². The second-order valence-corrected chi connectivity index (χ2v) is 11.0. The monoisotopic (exact) mass is 508 g/mol. The van der Waals surface area contributed by atoms with E-state index in [0.717, 1.165) is 75.7 Å². The fraction of sp³-hybridized carbons (Fsp3) is 0.680. The Morgan fingerprint density at radius 1 is 1.17 bits per heavy atom. The van der Waals surface area contributed by atoms with Gasteiger partial charge in [0.2, 0.25) is 0 Å².